The van der Waals surface area contributed by atoms with E-state index in [2.05, 4.69) is 9.97 Å². The number of nitrogens with two attached hydrogens (primary N) is 1. The number of rotatable bonds is 3. The first-order valence-electron chi connectivity index (χ1n) is 5.33. The quantitative estimate of drug-likeness (QED) is 0.814. The molecule has 2 rings (SSSR count). The summed E-state index contributed by atoms with van der Waals surface area (Å²) in [5.41, 5.74) is 7.45. The highest BCUT2D eigenvalue weighted by atomic mass is 15.0. The van der Waals surface area contributed by atoms with Crippen molar-refractivity contribution in [3.05, 3.63) is 66.0 Å². The second-order valence-corrected chi connectivity index (χ2v) is 3.47. The highest BCUT2D eigenvalue weighted by molar-refractivity contribution is 5.55. The maximum atomic E-state index is 5.48. The van der Waals surface area contributed by atoms with Crippen LogP contribution in [0.5, 0.6) is 0 Å². The lowest BCUT2D eigenvalue weighted by Gasteiger charge is -1.92. The zero-order chi connectivity index (χ0) is 11.9. The van der Waals surface area contributed by atoms with Crippen molar-refractivity contribution >= 4 is 18.1 Å². The van der Waals surface area contributed by atoms with Gasteiger partial charge in [-0.15, -0.1) is 0 Å². The first kappa shape index (κ1) is 11.1. The smallest absolute Gasteiger partial charge is 0.220 e. The molecule has 3 heteroatoms. The normalized spacial score (nSPS) is 11.3. The summed E-state index contributed by atoms with van der Waals surface area (Å²) in [6, 6.07) is 11.9. The van der Waals surface area contributed by atoms with Crippen LogP contribution in [0.25, 0.3) is 12.2 Å². The average Bonchev–Trinajstić information content (AvgIpc) is 2.36. The molecule has 0 atom stereocenters. The third-order valence-electron chi connectivity index (χ3n) is 2.16. The van der Waals surface area contributed by atoms with E-state index in [-0.39, 0.29) is 0 Å². The van der Waals surface area contributed by atoms with E-state index in [0.717, 1.165) is 5.69 Å². The van der Waals surface area contributed by atoms with Gasteiger partial charge in [0.2, 0.25) is 5.95 Å². The van der Waals surface area contributed by atoms with Crippen LogP contribution in [0.2, 0.25) is 0 Å². The van der Waals surface area contributed by atoms with E-state index in [1.54, 1.807) is 6.20 Å². The number of allylic oxidation sites excluding steroid dienone is 2. The molecule has 0 unspecified atom stereocenters. The molecule has 3 nitrogen and oxygen atoms in total. The van der Waals surface area contributed by atoms with Crippen LogP contribution >= 0.6 is 0 Å². The van der Waals surface area contributed by atoms with Crippen LogP contribution in [-0.2, 0) is 0 Å². The first-order chi connectivity index (χ1) is 8.34. The van der Waals surface area contributed by atoms with E-state index in [4.69, 9.17) is 5.73 Å². The Balaban J connectivity index is 2.01. The van der Waals surface area contributed by atoms with Gasteiger partial charge in [0.05, 0.1) is 5.69 Å². The lowest BCUT2D eigenvalue weighted by molar-refractivity contribution is 1.17. The minimum atomic E-state index is 0.291. The minimum Gasteiger partial charge on any atom is -0.368 e. The van der Waals surface area contributed by atoms with E-state index >= 15 is 0 Å². The summed E-state index contributed by atoms with van der Waals surface area (Å²) in [5.74, 6) is 0.291. The largest absolute Gasteiger partial charge is 0.368 e. The van der Waals surface area contributed by atoms with Crippen molar-refractivity contribution in [2.45, 2.75) is 0 Å². The summed E-state index contributed by atoms with van der Waals surface area (Å²) < 4.78 is 0. The molecule has 1 aromatic carbocycles. The first-order valence-corrected chi connectivity index (χ1v) is 5.33. The fourth-order valence-corrected chi connectivity index (χ4v) is 1.37. The van der Waals surface area contributed by atoms with Gasteiger partial charge in [0.15, 0.2) is 0 Å². The number of hydrogen-bond acceptors (Lipinski definition) is 3. The van der Waals surface area contributed by atoms with E-state index in [9.17, 15) is 0 Å². The van der Waals surface area contributed by atoms with Gasteiger partial charge in [-0.2, -0.15) is 0 Å². The Labute approximate surface area is 100 Å². The lowest BCUT2D eigenvalue weighted by atomic mass is 10.2. The number of benzene rings is 1. The molecule has 0 saturated carbocycles. The standard InChI is InChI=1S/C14H13N3/c15-14-16-11-10-13(17-14)9-5-4-8-12-6-2-1-3-7-12/h1-11H,(H2,15,16,17)/b8-4-,9-5+. The molecule has 2 aromatic rings. The van der Waals surface area contributed by atoms with Crippen LogP contribution in [0.4, 0.5) is 5.95 Å². The summed E-state index contributed by atoms with van der Waals surface area (Å²) in [6.07, 6.45) is 9.45. The average molecular weight is 223 g/mol. The van der Waals surface area contributed by atoms with Gasteiger partial charge in [0, 0.05) is 6.20 Å². The fourth-order valence-electron chi connectivity index (χ4n) is 1.37. The van der Waals surface area contributed by atoms with E-state index in [0.29, 0.717) is 5.95 Å². The Morgan fingerprint density at radius 3 is 2.47 bits per heavy atom. The minimum absolute atomic E-state index is 0.291. The van der Waals surface area contributed by atoms with Crippen LogP contribution in [0.3, 0.4) is 0 Å². The number of aromatic nitrogens is 2. The monoisotopic (exact) mass is 223 g/mol. The molecule has 0 saturated heterocycles. The predicted molar refractivity (Wildman–Crippen MR) is 71.0 cm³/mol. The fraction of sp³-hybridized carbons (Fsp3) is 0. The maximum absolute atomic E-state index is 5.48. The molecule has 0 radical (unpaired) electrons. The number of anilines is 1. The SMILES string of the molecule is Nc1nccc(/C=C/C=C\c2ccccc2)n1. The molecule has 17 heavy (non-hydrogen) atoms. The van der Waals surface area contributed by atoms with Gasteiger partial charge in [-0.25, -0.2) is 9.97 Å². The number of nitrogens with zero attached hydrogens (tertiary/aromatic N) is 2. The third-order valence-corrected chi connectivity index (χ3v) is 2.16. The van der Waals surface area contributed by atoms with Crippen molar-refractivity contribution < 1.29 is 0 Å². The van der Waals surface area contributed by atoms with Crippen molar-refractivity contribution in [2.75, 3.05) is 5.73 Å². The van der Waals surface area contributed by atoms with Crippen LogP contribution in [-0.4, -0.2) is 9.97 Å². The molecule has 0 aliphatic heterocycles. The Morgan fingerprint density at radius 2 is 1.71 bits per heavy atom. The third kappa shape index (κ3) is 3.57. The summed E-state index contributed by atoms with van der Waals surface area (Å²) in [6.45, 7) is 0. The van der Waals surface area contributed by atoms with Gasteiger partial charge in [0.25, 0.3) is 0 Å². The Bertz CT molecular complexity index is 530. The van der Waals surface area contributed by atoms with Crippen molar-refractivity contribution in [2.24, 2.45) is 0 Å². The van der Waals surface area contributed by atoms with Crippen LogP contribution in [0.1, 0.15) is 11.3 Å². The van der Waals surface area contributed by atoms with Gasteiger partial charge in [-0.1, -0.05) is 48.6 Å². The molecule has 84 valence electrons. The highest BCUT2D eigenvalue weighted by Crippen LogP contribution is 2.03. The number of hydrogen-bond donors (Lipinski definition) is 1. The summed E-state index contributed by atoms with van der Waals surface area (Å²) in [4.78, 5) is 7.89. The predicted octanol–water partition coefficient (Wildman–Crippen LogP) is 2.79. The second-order valence-electron chi connectivity index (χ2n) is 3.47. The van der Waals surface area contributed by atoms with E-state index in [1.165, 1.54) is 5.56 Å². The molecule has 0 aliphatic carbocycles. The topological polar surface area (TPSA) is 51.8 Å². The Kier molecular flexibility index (Phi) is 3.65. The summed E-state index contributed by atoms with van der Waals surface area (Å²) >= 11 is 0. The van der Waals surface area contributed by atoms with Gasteiger partial charge in [0.1, 0.15) is 0 Å². The van der Waals surface area contributed by atoms with Gasteiger partial charge >= 0.3 is 0 Å². The van der Waals surface area contributed by atoms with Crippen LogP contribution in [0.15, 0.2) is 54.7 Å². The molecule has 0 aliphatic rings. The van der Waals surface area contributed by atoms with Crippen LogP contribution in [0, 0.1) is 0 Å². The van der Waals surface area contributed by atoms with Gasteiger partial charge < -0.3 is 5.73 Å². The van der Waals surface area contributed by atoms with E-state index < -0.39 is 0 Å². The molecular weight excluding hydrogens is 210 g/mol. The van der Waals surface area contributed by atoms with Gasteiger partial charge in [-0.3, -0.25) is 0 Å². The van der Waals surface area contributed by atoms with Crippen LogP contribution < -0.4 is 5.73 Å². The summed E-state index contributed by atoms with van der Waals surface area (Å²) in [5, 5.41) is 0. The zero-order valence-electron chi connectivity index (χ0n) is 9.32. The van der Waals surface area contributed by atoms with Crippen molar-refractivity contribution in [1.29, 1.82) is 0 Å². The molecule has 2 N–H and O–H groups in total. The zero-order valence-corrected chi connectivity index (χ0v) is 9.32. The molecule has 0 spiro atoms. The molecular formula is C14H13N3. The van der Waals surface area contributed by atoms with Crippen molar-refractivity contribution in [1.82, 2.24) is 9.97 Å². The maximum Gasteiger partial charge on any atom is 0.220 e. The highest BCUT2D eigenvalue weighted by Gasteiger charge is 1.88. The number of nitrogen functional groups attached to an aromatic ring is 1. The Morgan fingerprint density at radius 1 is 0.941 bits per heavy atom. The van der Waals surface area contributed by atoms with E-state index in [1.807, 2.05) is 60.7 Å². The molecule has 0 bridgehead atoms. The Hall–Kier alpha value is -2.42. The molecule has 0 fully saturated rings. The molecule has 1 heterocycles. The van der Waals surface area contributed by atoms with Gasteiger partial charge in [-0.05, 0) is 17.7 Å². The lowest BCUT2D eigenvalue weighted by Crippen LogP contribution is -1.94. The second kappa shape index (κ2) is 5.61. The van der Waals surface area contributed by atoms with Crippen molar-refractivity contribution in [3.8, 4) is 0 Å². The molecule has 0 amide bonds. The summed E-state index contributed by atoms with van der Waals surface area (Å²) in [7, 11) is 0. The van der Waals surface area contributed by atoms with Crippen molar-refractivity contribution in [3.63, 3.8) is 0 Å². The molecule has 1 aromatic heterocycles.